The first-order valence-corrected chi connectivity index (χ1v) is 8.99. The molecule has 0 unspecified atom stereocenters. The molecule has 0 aliphatic carbocycles. The Morgan fingerprint density at radius 1 is 1.26 bits per heavy atom. The predicted octanol–water partition coefficient (Wildman–Crippen LogP) is 1.03. The number of carbonyl (C=O) groups is 2. The number of aromatic amines is 1. The number of rotatable bonds is 5. The Labute approximate surface area is 156 Å². The van der Waals surface area contributed by atoms with Crippen LogP contribution in [0, 0.1) is 0 Å². The van der Waals surface area contributed by atoms with Crippen molar-refractivity contribution in [2.24, 2.45) is 0 Å². The normalized spacial score (nSPS) is 19.9. The number of hydrogen-bond acceptors (Lipinski definition) is 6. The van der Waals surface area contributed by atoms with Crippen LogP contribution < -0.4 is 5.56 Å². The summed E-state index contributed by atoms with van der Waals surface area (Å²) in [6.07, 6.45) is 0.192. The van der Waals surface area contributed by atoms with Crippen LogP contribution in [0.2, 0.25) is 0 Å². The van der Waals surface area contributed by atoms with Gasteiger partial charge in [0.15, 0.2) is 6.61 Å². The van der Waals surface area contributed by atoms with Crippen LogP contribution in [-0.4, -0.2) is 58.6 Å². The summed E-state index contributed by atoms with van der Waals surface area (Å²) in [6, 6.07) is 7.00. The number of amides is 1. The van der Waals surface area contributed by atoms with Crippen LogP contribution in [0.5, 0.6) is 0 Å². The minimum Gasteiger partial charge on any atom is -0.456 e. The van der Waals surface area contributed by atoms with Crippen molar-refractivity contribution >= 4 is 22.8 Å². The Morgan fingerprint density at radius 3 is 2.70 bits per heavy atom. The third-order valence-electron chi connectivity index (χ3n) is 4.36. The van der Waals surface area contributed by atoms with Crippen LogP contribution in [-0.2, 0) is 25.5 Å². The van der Waals surface area contributed by atoms with Gasteiger partial charge in [0, 0.05) is 19.5 Å². The van der Waals surface area contributed by atoms with E-state index in [0.717, 1.165) is 0 Å². The maximum Gasteiger partial charge on any atom is 0.306 e. The number of hydrogen-bond donors (Lipinski definition) is 1. The molecule has 144 valence electrons. The van der Waals surface area contributed by atoms with Crippen molar-refractivity contribution in [3.63, 3.8) is 0 Å². The van der Waals surface area contributed by atoms with E-state index >= 15 is 0 Å². The Balaban J connectivity index is 1.50. The summed E-state index contributed by atoms with van der Waals surface area (Å²) in [5.41, 5.74) is 0.338. The van der Waals surface area contributed by atoms with E-state index in [0.29, 0.717) is 29.8 Å². The molecule has 1 amide bonds. The molecule has 1 aromatic carbocycles. The fourth-order valence-corrected chi connectivity index (χ4v) is 3.16. The van der Waals surface area contributed by atoms with Crippen molar-refractivity contribution in [3.05, 3.63) is 40.4 Å². The highest BCUT2D eigenvalue weighted by molar-refractivity contribution is 5.81. The maximum atomic E-state index is 12.2. The van der Waals surface area contributed by atoms with Gasteiger partial charge in [-0.15, -0.1) is 0 Å². The fourth-order valence-electron chi connectivity index (χ4n) is 3.16. The molecule has 2 atom stereocenters. The largest absolute Gasteiger partial charge is 0.456 e. The summed E-state index contributed by atoms with van der Waals surface area (Å²) >= 11 is 0. The molecule has 3 rings (SSSR count). The molecule has 0 radical (unpaired) electrons. The second kappa shape index (κ2) is 8.30. The van der Waals surface area contributed by atoms with Crippen LogP contribution >= 0.6 is 0 Å². The number of morpholine rings is 1. The predicted molar refractivity (Wildman–Crippen MR) is 98.2 cm³/mol. The highest BCUT2D eigenvalue weighted by Crippen LogP contribution is 2.11. The smallest absolute Gasteiger partial charge is 0.306 e. The molecule has 1 fully saturated rings. The summed E-state index contributed by atoms with van der Waals surface area (Å²) in [7, 11) is 0. The van der Waals surface area contributed by atoms with Gasteiger partial charge in [-0.3, -0.25) is 14.4 Å². The van der Waals surface area contributed by atoms with Gasteiger partial charge in [0.1, 0.15) is 5.82 Å². The van der Waals surface area contributed by atoms with E-state index in [1.165, 1.54) is 0 Å². The number of benzene rings is 1. The van der Waals surface area contributed by atoms with Crippen molar-refractivity contribution in [1.29, 1.82) is 0 Å². The molecule has 1 aromatic heterocycles. The Hall–Kier alpha value is -2.74. The Kier molecular flexibility index (Phi) is 5.85. The van der Waals surface area contributed by atoms with Crippen molar-refractivity contribution in [1.82, 2.24) is 14.9 Å². The molecule has 0 saturated carbocycles. The van der Waals surface area contributed by atoms with Crippen molar-refractivity contribution in [2.45, 2.75) is 38.9 Å². The van der Waals surface area contributed by atoms with E-state index < -0.39 is 5.97 Å². The molecule has 1 N–H and O–H groups in total. The molecule has 27 heavy (non-hydrogen) atoms. The summed E-state index contributed by atoms with van der Waals surface area (Å²) in [6.45, 7) is 4.49. The number of nitrogens with one attached hydrogen (secondary N) is 1. The van der Waals surface area contributed by atoms with Gasteiger partial charge in [0.2, 0.25) is 0 Å². The number of para-hydroxylation sites is 1. The maximum absolute atomic E-state index is 12.2. The number of carbonyl (C=O) groups excluding carboxylic acids is 2. The minimum absolute atomic E-state index is 0.0322. The van der Waals surface area contributed by atoms with E-state index in [1.54, 1.807) is 29.2 Å². The molecule has 1 aliphatic heterocycles. The van der Waals surface area contributed by atoms with Crippen molar-refractivity contribution in [3.8, 4) is 0 Å². The number of ether oxygens (including phenoxy) is 2. The van der Waals surface area contributed by atoms with E-state index in [4.69, 9.17) is 9.47 Å². The highest BCUT2D eigenvalue weighted by Gasteiger charge is 2.26. The van der Waals surface area contributed by atoms with Gasteiger partial charge in [-0.25, -0.2) is 4.98 Å². The molecule has 0 bridgehead atoms. The van der Waals surface area contributed by atoms with E-state index in [9.17, 15) is 14.4 Å². The van der Waals surface area contributed by atoms with Gasteiger partial charge < -0.3 is 19.4 Å². The standard InChI is InChI=1S/C19H23N3O5/c1-12-9-22(10-13(2)27-12)17(23)11-26-18(24)8-7-16-20-15-6-4-3-5-14(15)19(25)21-16/h3-6,12-13H,7-11H2,1-2H3,(H,20,21,25)/t12-,13+. The molecule has 8 heteroatoms. The topological polar surface area (TPSA) is 102 Å². The third kappa shape index (κ3) is 4.91. The zero-order chi connectivity index (χ0) is 19.4. The lowest BCUT2D eigenvalue weighted by Crippen LogP contribution is -2.49. The third-order valence-corrected chi connectivity index (χ3v) is 4.36. The van der Waals surface area contributed by atoms with E-state index in [1.807, 2.05) is 13.8 Å². The molecule has 8 nitrogen and oxygen atoms in total. The van der Waals surface area contributed by atoms with Crippen molar-refractivity contribution in [2.75, 3.05) is 19.7 Å². The molecule has 2 aromatic rings. The van der Waals surface area contributed by atoms with Gasteiger partial charge in [-0.2, -0.15) is 0 Å². The molecule has 0 spiro atoms. The zero-order valence-corrected chi connectivity index (χ0v) is 15.4. The quantitative estimate of drug-likeness (QED) is 0.786. The van der Waals surface area contributed by atoms with Gasteiger partial charge >= 0.3 is 5.97 Å². The highest BCUT2D eigenvalue weighted by atomic mass is 16.5. The Bertz CT molecular complexity index is 884. The summed E-state index contributed by atoms with van der Waals surface area (Å²) in [5, 5.41) is 0.503. The second-order valence-electron chi connectivity index (χ2n) is 6.75. The van der Waals surface area contributed by atoms with E-state index in [2.05, 4.69) is 9.97 Å². The second-order valence-corrected chi connectivity index (χ2v) is 6.75. The van der Waals surface area contributed by atoms with Gasteiger partial charge in [0.25, 0.3) is 11.5 Å². The number of nitrogens with zero attached hydrogens (tertiary/aromatic N) is 2. The molecule has 2 heterocycles. The summed E-state index contributed by atoms with van der Waals surface area (Å²) < 4.78 is 10.7. The van der Waals surface area contributed by atoms with E-state index in [-0.39, 0.29) is 43.1 Å². The number of aryl methyl sites for hydroxylation is 1. The zero-order valence-electron chi connectivity index (χ0n) is 15.4. The van der Waals surface area contributed by atoms with Crippen molar-refractivity contribution < 1.29 is 19.1 Å². The first-order valence-electron chi connectivity index (χ1n) is 8.99. The molecular weight excluding hydrogens is 350 g/mol. The SMILES string of the molecule is C[C@@H]1CN(C(=O)COC(=O)CCc2nc3ccccc3c(=O)[nH]2)C[C@H](C)O1. The Morgan fingerprint density at radius 2 is 1.96 bits per heavy atom. The van der Waals surface area contributed by atoms with Crippen LogP contribution in [0.15, 0.2) is 29.1 Å². The average Bonchev–Trinajstić information content (AvgIpc) is 2.63. The average molecular weight is 373 g/mol. The lowest BCUT2D eigenvalue weighted by molar-refractivity contribution is -0.157. The summed E-state index contributed by atoms with van der Waals surface area (Å²) in [4.78, 5) is 44.8. The summed E-state index contributed by atoms with van der Waals surface area (Å²) in [5.74, 6) is -0.325. The lowest BCUT2D eigenvalue weighted by Gasteiger charge is -2.35. The molecular formula is C19H23N3O5. The first kappa shape index (κ1) is 19.0. The van der Waals surface area contributed by atoms with Crippen LogP contribution in [0.1, 0.15) is 26.1 Å². The van der Waals surface area contributed by atoms with Gasteiger partial charge in [-0.05, 0) is 26.0 Å². The number of H-pyrrole nitrogens is 1. The van der Waals surface area contributed by atoms with Gasteiger partial charge in [0.05, 0.1) is 29.5 Å². The van der Waals surface area contributed by atoms with Gasteiger partial charge in [-0.1, -0.05) is 12.1 Å². The number of aromatic nitrogens is 2. The molecule has 1 saturated heterocycles. The number of fused-ring (bicyclic) bond motifs is 1. The molecule has 1 aliphatic rings. The minimum atomic E-state index is -0.506. The first-order chi connectivity index (χ1) is 12.9. The lowest BCUT2D eigenvalue weighted by atomic mass is 10.2. The number of esters is 1. The monoisotopic (exact) mass is 373 g/mol. The van der Waals surface area contributed by atoms with Crippen LogP contribution in [0.25, 0.3) is 10.9 Å². The fraction of sp³-hybridized carbons (Fsp3) is 0.474. The van der Waals surface area contributed by atoms with Crippen LogP contribution in [0.4, 0.5) is 0 Å². The van der Waals surface area contributed by atoms with Crippen LogP contribution in [0.3, 0.4) is 0 Å².